The molecule has 11 nitrogen and oxygen atoms in total. The molecular formula is C25H25N7O4S. The van der Waals surface area contributed by atoms with Crippen LogP contribution in [0.15, 0.2) is 41.5 Å². The second-order valence-corrected chi connectivity index (χ2v) is 10.2. The summed E-state index contributed by atoms with van der Waals surface area (Å²) in [5.74, 6) is 0.366. The van der Waals surface area contributed by atoms with Crippen molar-refractivity contribution in [3.05, 3.63) is 47.0 Å². The van der Waals surface area contributed by atoms with Crippen LogP contribution in [0.2, 0.25) is 0 Å². The SMILES string of the molecule is COc1cccc(-c2cn3nc4c5ncc(NC(=O)CN6C[C@H](C)O[C@@H](C)C6)cc5[nH]c(=O)c4c3s2)n1. The lowest BCUT2D eigenvalue weighted by atomic mass is 10.2. The smallest absolute Gasteiger partial charge is 0.261 e. The number of anilines is 1. The van der Waals surface area contributed by atoms with Gasteiger partial charge in [-0.1, -0.05) is 6.07 Å². The Labute approximate surface area is 215 Å². The van der Waals surface area contributed by atoms with E-state index in [1.165, 1.54) is 11.3 Å². The first-order valence-corrected chi connectivity index (χ1v) is 12.7. The highest BCUT2D eigenvalue weighted by Gasteiger charge is 2.24. The van der Waals surface area contributed by atoms with Crippen molar-refractivity contribution in [3.63, 3.8) is 0 Å². The number of aromatic nitrogens is 5. The fourth-order valence-electron chi connectivity index (χ4n) is 4.82. The standard InChI is InChI=1S/C25H25N7O4S/c1-13-9-31(10-14(2)36-13)12-19(33)27-15-7-17-22(26-8-15)23-21(24(34)29-17)25-32(30-23)11-18(37-25)16-5-4-6-20(28-16)35-3/h4-8,11,13-14H,9-10,12H2,1-3H3,(H,27,33)(H,29,34)/t13-,14-/m0/s1. The highest BCUT2D eigenvalue weighted by Crippen LogP contribution is 2.33. The number of thiazole rings is 1. The van der Waals surface area contributed by atoms with Crippen molar-refractivity contribution in [1.29, 1.82) is 0 Å². The lowest BCUT2D eigenvalue weighted by Crippen LogP contribution is -2.48. The molecule has 0 saturated carbocycles. The van der Waals surface area contributed by atoms with Gasteiger partial charge in [-0.15, -0.1) is 11.3 Å². The summed E-state index contributed by atoms with van der Waals surface area (Å²) in [6, 6.07) is 7.24. The molecule has 0 aliphatic carbocycles. The number of ether oxygens (including phenoxy) is 2. The molecule has 37 heavy (non-hydrogen) atoms. The van der Waals surface area contributed by atoms with E-state index in [1.54, 1.807) is 30.0 Å². The molecule has 12 heteroatoms. The molecule has 1 aliphatic rings. The zero-order valence-corrected chi connectivity index (χ0v) is 21.3. The van der Waals surface area contributed by atoms with Crippen LogP contribution >= 0.6 is 11.3 Å². The van der Waals surface area contributed by atoms with Gasteiger partial charge in [0.2, 0.25) is 11.8 Å². The maximum Gasteiger partial charge on any atom is 0.261 e. The Balaban J connectivity index is 1.30. The molecule has 190 valence electrons. The van der Waals surface area contributed by atoms with E-state index >= 15 is 0 Å². The van der Waals surface area contributed by atoms with Crippen molar-refractivity contribution < 1.29 is 14.3 Å². The van der Waals surface area contributed by atoms with E-state index < -0.39 is 0 Å². The molecule has 1 amide bonds. The topological polar surface area (TPSA) is 127 Å². The molecule has 6 heterocycles. The summed E-state index contributed by atoms with van der Waals surface area (Å²) in [6.07, 6.45) is 3.59. The van der Waals surface area contributed by atoms with Crippen LogP contribution in [0, 0.1) is 0 Å². The van der Waals surface area contributed by atoms with Gasteiger partial charge in [-0.3, -0.25) is 19.5 Å². The number of rotatable bonds is 5. The number of nitrogens with zero attached hydrogens (tertiary/aromatic N) is 5. The first kappa shape index (κ1) is 23.5. The van der Waals surface area contributed by atoms with Crippen LogP contribution in [-0.2, 0) is 9.53 Å². The molecule has 1 aliphatic heterocycles. The molecule has 0 aromatic carbocycles. The lowest BCUT2D eigenvalue weighted by Gasteiger charge is -2.34. The molecular weight excluding hydrogens is 494 g/mol. The molecule has 2 atom stereocenters. The van der Waals surface area contributed by atoms with Gasteiger partial charge in [0.1, 0.15) is 21.3 Å². The highest BCUT2D eigenvalue weighted by atomic mass is 32.1. The molecule has 1 fully saturated rings. The van der Waals surface area contributed by atoms with Gasteiger partial charge in [-0.2, -0.15) is 5.10 Å². The number of aromatic amines is 1. The van der Waals surface area contributed by atoms with Crippen molar-refractivity contribution in [3.8, 4) is 16.5 Å². The average molecular weight is 520 g/mol. The van der Waals surface area contributed by atoms with E-state index in [0.29, 0.717) is 51.4 Å². The van der Waals surface area contributed by atoms with Crippen LogP contribution in [0.5, 0.6) is 5.88 Å². The quantitative estimate of drug-likeness (QED) is 0.363. The summed E-state index contributed by atoms with van der Waals surface area (Å²) in [7, 11) is 1.57. The minimum absolute atomic E-state index is 0.0822. The maximum absolute atomic E-state index is 13.1. The Morgan fingerprint density at radius 2 is 2.08 bits per heavy atom. The summed E-state index contributed by atoms with van der Waals surface area (Å²) in [4.78, 5) is 41.3. The molecule has 0 unspecified atom stereocenters. The van der Waals surface area contributed by atoms with Crippen molar-refractivity contribution in [2.45, 2.75) is 26.1 Å². The molecule has 0 bridgehead atoms. The summed E-state index contributed by atoms with van der Waals surface area (Å²) < 4.78 is 12.6. The molecule has 0 radical (unpaired) electrons. The number of pyridine rings is 3. The molecule has 5 aromatic heterocycles. The first-order chi connectivity index (χ1) is 17.9. The number of carbonyl (C=O) groups is 1. The number of morpholine rings is 1. The maximum atomic E-state index is 13.1. The lowest BCUT2D eigenvalue weighted by molar-refractivity contribution is -0.121. The van der Waals surface area contributed by atoms with Gasteiger partial charge in [0.05, 0.1) is 53.8 Å². The number of nitrogens with one attached hydrogen (secondary N) is 2. The summed E-state index contributed by atoms with van der Waals surface area (Å²) >= 11 is 1.42. The van der Waals surface area contributed by atoms with Crippen molar-refractivity contribution in [1.82, 2.24) is 29.5 Å². The number of hydrogen-bond donors (Lipinski definition) is 2. The van der Waals surface area contributed by atoms with Gasteiger partial charge >= 0.3 is 0 Å². The van der Waals surface area contributed by atoms with E-state index in [-0.39, 0.29) is 30.2 Å². The Morgan fingerprint density at radius 3 is 2.86 bits per heavy atom. The average Bonchev–Trinajstić information content (AvgIpc) is 3.42. The minimum Gasteiger partial charge on any atom is -0.481 e. The minimum atomic E-state index is -0.272. The third-order valence-corrected chi connectivity index (χ3v) is 7.35. The van der Waals surface area contributed by atoms with Crippen molar-refractivity contribution in [2.75, 3.05) is 32.1 Å². The molecule has 6 rings (SSSR count). The number of H-pyrrole nitrogens is 1. The Bertz CT molecular complexity index is 1700. The van der Waals surface area contributed by atoms with Crippen LogP contribution < -0.4 is 15.6 Å². The molecule has 1 saturated heterocycles. The Kier molecular flexibility index (Phi) is 5.86. The number of amides is 1. The van der Waals surface area contributed by atoms with Crippen LogP contribution in [0.4, 0.5) is 5.69 Å². The van der Waals surface area contributed by atoms with Crippen molar-refractivity contribution >= 4 is 49.7 Å². The van der Waals surface area contributed by atoms with E-state index in [9.17, 15) is 9.59 Å². The number of carbonyl (C=O) groups excluding carboxylic acids is 1. The second-order valence-electron chi connectivity index (χ2n) is 9.21. The summed E-state index contributed by atoms with van der Waals surface area (Å²) in [5, 5.41) is 8.01. The van der Waals surface area contributed by atoms with Gasteiger partial charge < -0.3 is 19.8 Å². The second kappa shape index (κ2) is 9.21. The Hall–Kier alpha value is -3.87. The predicted octanol–water partition coefficient (Wildman–Crippen LogP) is 2.90. The first-order valence-electron chi connectivity index (χ1n) is 11.9. The monoisotopic (exact) mass is 519 g/mol. The van der Waals surface area contributed by atoms with Gasteiger partial charge in [-0.05, 0) is 26.0 Å². The fourth-order valence-corrected chi connectivity index (χ4v) is 5.88. The van der Waals surface area contributed by atoms with Crippen LogP contribution in [-0.4, -0.2) is 74.3 Å². The number of methoxy groups -OCH3 is 1. The van der Waals surface area contributed by atoms with Crippen LogP contribution in [0.3, 0.4) is 0 Å². The molecule has 0 spiro atoms. The van der Waals surface area contributed by atoms with E-state index in [4.69, 9.17) is 9.47 Å². The molecule has 2 N–H and O–H groups in total. The zero-order valence-electron chi connectivity index (χ0n) is 20.5. The largest absolute Gasteiger partial charge is 0.481 e. The Morgan fingerprint density at radius 1 is 1.27 bits per heavy atom. The van der Waals surface area contributed by atoms with Crippen LogP contribution in [0.25, 0.3) is 37.3 Å². The normalized spacial score (nSPS) is 18.6. The van der Waals surface area contributed by atoms with Gasteiger partial charge in [-0.25, -0.2) is 9.50 Å². The van der Waals surface area contributed by atoms with Crippen molar-refractivity contribution in [2.24, 2.45) is 0 Å². The predicted molar refractivity (Wildman–Crippen MR) is 141 cm³/mol. The van der Waals surface area contributed by atoms with E-state index in [0.717, 1.165) is 10.6 Å². The number of fused-ring (bicyclic) bond motifs is 5. The van der Waals surface area contributed by atoms with Gasteiger partial charge in [0.15, 0.2) is 0 Å². The van der Waals surface area contributed by atoms with E-state index in [1.807, 2.05) is 32.2 Å². The zero-order chi connectivity index (χ0) is 25.7. The van der Waals surface area contributed by atoms with Gasteiger partial charge in [0.25, 0.3) is 5.56 Å². The summed E-state index contributed by atoms with van der Waals surface area (Å²) in [5.41, 5.74) is 2.54. The van der Waals surface area contributed by atoms with E-state index in [2.05, 4.69) is 30.3 Å². The van der Waals surface area contributed by atoms with Crippen LogP contribution in [0.1, 0.15) is 13.8 Å². The third-order valence-electron chi connectivity index (χ3n) is 6.23. The summed E-state index contributed by atoms with van der Waals surface area (Å²) in [6.45, 7) is 5.66. The van der Waals surface area contributed by atoms with Gasteiger partial charge in [0, 0.05) is 25.4 Å². The number of hydrogen-bond acceptors (Lipinski definition) is 9. The molecule has 5 aromatic rings. The highest BCUT2D eigenvalue weighted by molar-refractivity contribution is 7.21. The third kappa shape index (κ3) is 4.43. The fraction of sp³-hybridized carbons (Fsp3) is 0.320.